The lowest BCUT2D eigenvalue weighted by Crippen LogP contribution is -2.44. The summed E-state index contributed by atoms with van der Waals surface area (Å²) >= 11 is 0. The standard InChI is InChI=1S/C19H32N2/c1-6-20-19(18-8-7-15(3)16(4)12-18)13-21-10-9-14(2)11-17(21)5/h7-8,12,14,17,19-20H,6,9-11,13H2,1-5H3. The number of nitrogens with zero attached hydrogens (tertiary/aromatic N) is 1. The van der Waals surface area contributed by atoms with Crippen LogP contribution in [-0.2, 0) is 0 Å². The van der Waals surface area contributed by atoms with E-state index in [4.69, 9.17) is 0 Å². The van der Waals surface area contributed by atoms with Crippen LogP contribution in [0.15, 0.2) is 18.2 Å². The molecule has 0 saturated carbocycles. The van der Waals surface area contributed by atoms with Gasteiger partial charge in [0.2, 0.25) is 0 Å². The van der Waals surface area contributed by atoms with Gasteiger partial charge in [0.05, 0.1) is 0 Å². The van der Waals surface area contributed by atoms with Gasteiger partial charge in [0.25, 0.3) is 0 Å². The lowest BCUT2D eigenvalue weighted by atomic mass is 9.92. The van der Waals surface area contributed by atoms with Crippen LogP contribution in [0.25, 0.3) is 0 Å². The van der Waals surface area contributed by atoms with E-state index in [1.165, 1.54) is 36.1 Å². The molecule has 1 aliphatic heterocycles. The Morgan fingerprint density at radius 2 is 2.00 bits per heavy atom. The van der Waals surface area contributed by atoms with E-state index in [-0.39, 0.29) is 0 Å². The maximum Gasteiger partial charge on any atom is 0.0449 e. The Labute approximate surface area is 130 Å². The molecule has 0 radical (unpaired) electrons. The lowest BCUT2D eigenvalue weighted by Gasteiger charge is -2.38. The fourth-order valence-electron chi connectivity index (χ4n) is 3.48. The highest BCUT2D eigenvalue weighted by Crippen LogP contribution is 2.25. The van der Waals surface area contributed by atoms with E-state index < -0.39 is 0 Å². The van der Waals surface area contributed by atoms with Gasteiger partial charge in [-0.3, -0.25) is 4.90 Å². The van der Waals surface area contributed by atoms with E-state index in [2.05, 4.69) is 63.0 Å². The van der Waals surface area contributed by atoms with E-state index in [0.29, 0.717) is 12.1 Å². The van der Waals surface area contributed by atoms with Crippen LogP contribution in [-0.4, -0.2) is 30.6 Å². The average molecular weight is 288 g/mol. The van der Waals surface area contributed by atoms with Gasteiger partial charge in [0.1, 0.15) is 0 Å². The van der Waals surface area contributed by atoms with Gasteiger partial charge in [-0.15, -0.1) is 0 Å². The minimum atomic E-state index is 0.449. The number of aryl methyl sites for hydroxylation is 2. The highest BCUT2D eigenvalue weighted by atomic mass is 15.2. The highest BCUT2D eigenvalue weighted by Gasteiger charge is 2.25. The molecule has 1 saturated heterocycles. The van der Waals surface area contributed by atoms with Crippen molar-refractivity contribution in [3.8, 4) is 0 Å². The second-order valence-electron chi connectivity index (χ2n) is 6.93. The zero-order valence-corrected chi connectivity index (χ0v) is 14.4. The van der Waals surface area contributed by atoms with Gasteiger partial charge >= 0.3 is 0 Å². The van der Waals surface area contributed by atoms with E-state index >= 15 is 0 Å². The number of hydrogen-bond acceptors (Lipinski definition) is 2. The lowest BCUT2D eigenvalue weighted by molar-refractivity contribution is 0.117. The van der Waals surface area contributed by atoms with Crippen LogP contribution in [0.4, 0.5) is 0 Å². The molecule has 118 valence electrons. The molecule has 1 aromatic carbocycles. The van der Waals surface area contributed by atoms with Crippen molar-refractivity contribution in [3.63, 3.8) is 0 Å². The van der Waals surface area contributed by atoms with Crippen molar-refractivity contribution >= 4 is 0 Å². The number of piperidine rings is 1. The molecule has 2 nitrogen and oxygen atoms in total. The first-order valence-electron chi connectivity index (χ1n) is 8.55. The Balaban J connectivity index is 2.09. The maximum atomic E-state index is 3.68. The molecule has 1 N–H and O–H groups in total. The molecular weight excluding hydrogens is 256 g/mol. The Morgan fingerprint density at radius 1 is 1.24 bits per heavy atom. The van der Waals surface area contributed by atoms with Crippen molar-refractivity contribution in [2.45, 2.75) is 59.5 Å². The van der Waals surface area contributed by atoms with E-state index in [9.17, 15) is 0 Å². The molecule has 0 aromatic heterocycles. The SMILES string of the molecule is CCNC(CN1CCC(C)CC1C)c1ccc(C)c(C)c1. The average Bonchev–Trinajstić information content (AvgIpc) is 2.44. The number of likely N-dealkylation sites (N-methyl/N-ethyl adjacent to an activating group) is 1. The summed E-state index contributed by atoms with van der Waals surface area (Å²) in [5.74, 6) is 0.885. The Morgan fingerprint density at radius 3 is 2.62 bits per heavy atom. The summed E-state index contributed by atoms with van der Waals surface area (Å²) in [6, 6.07) is 8.08. The van der Waals surface area contributed by atoms with Crippen molar-refractivity contribution in [1.82, 2.24) is 10.2 Å². The number of nitrogens with one attached hydrogen (secondary N) is 1. The molecule has 2 heteroatoms. The van der Waals surface area contributed by atoms with Gasteiger partial charge < -0.3 is 5.32 Å². The topological polar surface area (TPSA) is 15.3 Å². The molecule has 0 aliphatic carbocycles. The summed E-state index contributed by atoms with van der Waals surface area (Å²) in [5.41, 5.74) is 4.22. The predicted molar refractivity (Wildman–Crippen MR) is 91.8 cm³/mol. The first-order valence-corrected chi connectivity index (χ1v) is 8.55. The van der Waals surface area contributed by atoms with Crippen molar-refractivity contribution in [2.75, 3.05) is 19.6 Å². The molecule has 1 aromatic rings. The molecule has 1 heterocycles. The largest absolute Gasteiger partial charge is 0.309 e. The van der Waals surface area contributed by atoms with Crippen LogP contribution in [0, 0.1) is 19.8 Å². The zero-order valence-electron chi connectivity index (χ0n) is 14.4. The number of rotatable bonds is 5. The van der Waals surface area contributed by atoms with Gasteiger partial charge in [-0.05, 0) is 69.3 Å². The monoisotopic (exact) mass is 288 g/mol. The van der Waals surface area contributed by atoms with Crippen LogP contribution in [0.2, 0.25) is 0 Å². The summed E-state index contributed by atoms with van der Waals surface area (Å²) < 4.78 is 0. The molecule has 2 rings (SSSR count). The third kappa shape index (κ3) is 4.31. The molecule has 1 aliphatic rings. The minimum absolute atomic E-state index is 0.449. The van der Waals surface area contributed by atoms with Crippen LogP contribution in [0.3, 0.4) is 0 Å². The third-order valence-electron chi connectivity index (χ3n) is 5.08. The first kappa shape index (κ1) is 16.5. The first-order chi connectivity index (χ1) is 10.0. The van der Waals surface area contributed by atoms with Crippen molar-refractivity contribution in [1.29, 1.82) is 0 Å². The van der Waals surface area contributed by atoms with Crippen LogP contribution in [0.1, 0.15) is 56.3 Å². The summed E-state index contributed by atoms with van der Waals surface area (Å²) in [7, 11) is 0. The van der Waals surface area contributed by atoms with Crippen LogP contribution >= 0.6 is 0 Å². The smallest absolute Gasteiger partial charge is 0.0449 e. The number of hydrogen-bond donors (Lipinski definition) is 1. The van der Waals surface area contributed by atoms with E-state index in [1.807, 2.05) is 0 Å². The Hall–Kier alpha value is -0.860. The molecule has 0 spiro atoms. The quantitative estimate of drug-likeness (QED) is 0.878. The van der Waals surface area contributed by atoms with Crippen molar-refractivity contribution < 1.29 is 0 Å². The van der Waals surface area contributed by atoms with E-state index in [1.54, 1.807) is 0 Å². The summed E-state index contributed by atoms with van der Waals surface area (Å²) in [6.07, 6.45) is 2.68. The summed E-state index contributed by atoms with van der Waals surface area (Å²) in [6.45, 7) is 14.8. The zero-order chi connectivity index (χ0) is 15.4. The third-order valence-corrected chi connectivity index (χ3v) is 5.08. The van der Waals surface area contributed by atoms with Crippen LogP contribution in [0.5, 0.6) is 0 Å². The normalized spacial score (nSPS) is 25.0. The van der Waals surface area contributed by atoms with Gasteiger partial charge in [-0.25, -0.2) is 0 Å². The summed E-state index contributed by atoms with van der Waals surface area (Å²) in [5, 5.41) is 3.68. The molecule has 21 heavy (non-hydrogen) atoms. The Kier molecular flexibility index (Phi) is 5.83. The van der Waals surface area contributed by atoms with Crippen LogP contribution < -0.4 is 5.32 Å². The highest BCUT2D eigenvalue weighted by molar-refractivity contribution is 5.32. The Bertz CT molecular complexity index is 455. The molecule has 0 amide bonds. The molecule has 0 bridgehead atoms. The van der Waals surface area contributed by atoms with Gasteiger partial charge in [-0.2, -0.15) is 0 Å². The maximum absolute atomic E-state index is 3.68. The van der Waals surface area contributed by atoms with Gasteiger partial charge in [0, 0.05) is 18.6 Å². The molecular formula is C19H32N2. The minimum Gasteiger partial charge on any atom is -0.309 e. The predicted octanol–water partition coefficient (Wildman–Crippen LogP) is 4.07. The second kappa shape index (κ2) is 7.42. The number of likely N-dealkylation sites (tertiary alicyclic amines) is 1. The number of benzene rings is 1. The molecule has 1 fully saturated rings. The van der Waals surface area contributed by atoms with Crippen molar-refractivity contribution in [3.05, 3.63) is 34.9 Å². The fourth-order valence-corrected chi connectivity index (χ4v) is 3.48. The van der Waals surface area contributed by atoms with Gasteiger partial charge in [0.15, 0.2) is 0 Å². The van der Waals surface area contributed by atoms with E-state index in [0.717, 1.165) is 19.0 Å². The molecule has 3 unspecified atom stereocenters. The molecule has 3 atom stereocenters. The fraction of sp³-hybridized carbons (Fsp3) is 0.684. The van der Waals surface area contributed by atoms with Crippen molar-refractivity contribution in [2.24, 2.45) is 5.92 Å². The second-order valence-corrected chi connectivity index (χ2v) is 6.93. The summed E-state index contributed by atoms with van der Waals surface area (Å²) in [4.78, 5) is 2.67. The van der Waals surface area contributed by atoms with Gasteiger partial charge in [-0.1, -0.05) is 32.0 Å².